The van der Waals surface area contributed by atoms with E-state index in [9.17, 15) is 0 Å². The number of hydrogen-bond acceptors (Lipinski definition) is 3. The van der Waals surface area contributed by atoms with Gasteiger partial charge in [0.2, 0.25) is 0 Å². The Hall–Kier alpha value is -5.54. The fraction of sp³-hybridized carbons (Fsp3) is 0.0732. The molecule has 44 heavy (non-hydrogen) atoms. The molecule has 3 nitrogen and oxygen atoms in total. The molecule has 2 heterocycles. The first-order valence-corrected chi connectivity index (χ1v) is 15.1. The third-order valence-corrected chi connectivity index (χ3v) is 8.60. The quantitative estimate of drug-likeness (QED) is 0.209. The van der Waals surface area contributed by atoms with Crippen molar-refractivity contribution in [1.82, 2.24) is 0 Å². The van der Waals surface area contributed by atoms with Gasteiger partial charge in [-0.25, -0.2) is 9.98 Å². The maximum absolute atomic E-state index is 6.13. The van der Waals surface area contributed by atoms with Crippen molar-refractivity contribution in [3.05, 3.63) is 162 Å². The van der Waals surface area contributed by atoms with E-state index in [0.717, 1.165) is 62.9 Å². The van der Waals surface area contributed by atoms with Gasteiger partial charge in [0.1, 0.15) is 11.2 Å². The largest absolute Gasteiger partial charge is 0.456 e. The predicted molar refractivity (Wildman–Crippen MR) is 184 cm³/mol. The highest BCUT2D eigenvalue weighted by molar-refractivity contribution is 6.16. The van der Waals surface area contributed by atoms with Crippen LogP contribution in [-0.2, 0) is 0 Å². The normalized spacial score (nSPS) is 15.7. The van der Waals surface area contributed by atoms with Gasteiger partial charge < -0.3 is 4.42 Å². The first-order valence-electron chi connectivity index (χ1n) is 15.1. The highest BCUT2D eigenvalue weighted by Crippen LogP contribution is 2.34. The summed E-state index contributed by atoms with van der Waals surface area (Å²) in [5, 5.41) is 4.67. The number of fused-ring (bicyclic) bond motifs is 4. The summed E-state index contributed by atoms with van der Waals surface area (Å²) in [5.41, 5.74) is 10.7. The molecule has 0 bridgehead atoms. The van der Waals surface area contributed by atoms with Crippen LogP contribution in [0, 0.1) is 0 Å². The van der Waals surface area contributed by atoms with E-state index in [2.05, 4.69) is 122 Å². The van der Waals surface area contributed by atoms with Crippen LogP contribution in [0.4, 0.5) is 0 Å². The van der Waals surface area contributed by atoms with Crippen molar-refractivity contribution < 1.29 is 4.42 Å². The van der Waals surface area contributed by atoms with Gasteiger partial charge in [-0.15, -0.1) is 0 Å². The minimum atomic E-state index is 0.711. The maximum atomic E-state index is 6.13. The average Bonchev–Trinajstić information content (AvgIpc) is 3.45. The first kappa shape index (κ1) is 26.1. The summed E-state index contributed by atoms with van der Waals surface area (Å²) in [5.74, 6) is 0.711. The van der Waals surface area contributed by atoms with Gasteiger partial charge in [-0.2, -0.15) is 0 Å². The van der Waals surface area contributed by atoms with Crippen molar-refractivity contribution >= 4 is 50.0 Å². The molecule has 0 amide bonds. The summed E-state index contributed by atoms with van der Waals surface area (Å²) < 4.78 is 6.13. The van der Waals surface area contributed by atoms with Gasteiger partial charge in [0.15, 0.2) is 5.84 Å². The van der Waals surface area contributed by atoms with Crippen LogP contribution < -0.4 is 0 Å². The molecule has 1 aromatic heterocycles. The molecule has 0 N–H and O–H groups in total. The molecular weight excluding hydrogens is 536 g/mol. The second kappa shape index (κ2) is 10.9. The molecule has 0 saturated carbocycles. The van der Waals surface area contributed by atoms with Crippen LogP contribution in [0.5, 0.6) is 0 Å². The topological polar surface area (TPSA) is 37.9 Å². The van der Waals surface area contributed by atoms with Gasteiger partial charge in [0, 0.05) is 21.9 Å². The number of allylic oxidation sites excluding steroid dienone is 1. The van der Waals surface area contributed by atoms with Gasteiger partial charge in [0.05, 0.1) is 11.4 Å². The lowest BCUT2D eigenvalue weighted by atomic mass is 9.95. The molecule has 0 unspecified atom stereocenters. The van der Waals surface area contributed by atoms with Gasteiger partial charge in [0.25, 0.3) is 0 Å². The number of amidine groups is 1. The number of hydrogen-bond donors (Lipinski definition) is 0. The lowest BCUT2D eigenvalue weighted by molar-refractivity contribution is 0.669. The van der Waals surface area contributed by atoms with Crippen LogP contribution in [0.2, 0.25) is 0 Å². The Morgan fingerprint density at radius 3 is 2.05 bits per heavy atom. The van der Waals surface area contributed by atoms with Crippen molar-refractivity contribution in [2.75, 3.05) is 0 Å². The van der Waals surface area contributed by atoms with E-state index in [-0.39, 0.29) is 0 Å². The fourth-order valence-electron chi connectivity index (χ4n) is 6.26. The molecule has 0 fully saturated rings. The monoisotopic (exact) mass is 566 g/mol. The SMILES string of the molecule is C/C1=C(/c2ccc(-c3cccc4ccccc34)cc2)N=C(c2ccc3oc4ccccc4c3c2)N=C(c2ccccc2)CC1. The zero-order valence-electron chi connectivity index (χ0n) is 24.5. The summed E-state index contributed by atoms with van der Waals surface area (Å²) >= 11 is 0. The Balaban J connectivity index is 1.26. The molecule has 0 atom stereocenters. The number of para-hydroxylation sites is 1. The number of rotatable bonds is 4. The molecule has 8 rings (SSSR count). The molecule has 0 spiro atoms. The smallest absolute Gasteiger partial charge is 0.160 e. The third-order valence-electron chi connectivity index (χ3n) is 8.60. The molecule has 3 heteroatoms. The van der Waals surface area contributed by atoms with E-state index >= 15 is 0 Å². The van der Waals surface area contributed by atoms with Crippen LogP contribution in [0.15, 0.2) is 160 Å². The lowest BCUT2D eigenvalue weighted by Gasteiger charge is -2.17. The van der Waals surface area contributed by atoms with E-state index in [0.29, 0.717) is 5.84 Å². The first-order chi connectivity index (χ1) is 21.7. The highest BCUT2D eigenvalue weighted by Gasteiger charge is 2.17. The lowest BCUT2D eigenvalue weighted by Crippen LogP contribution is -2.10. The Morgan fingerprint density at radius 1 is 0.500 bits per heavy atom. The van der Waals surface area contributed by atoms with Crippen LogP contribution >= 0.6 is 0 Å². The Bertz CT molecular complexity index is 2260. The number of furan rings is 1. The molecule has 1 aliphatic rings. The van der Waals surface area contributed by atoms with Gasteiger partial charge in [-0.05, 0) is 77.1 Å². The predicted octanol–water partition coefficient (Wildman–Crippen LogP) is 10.9. The standard InChI is InChI=1S/C41H30N2O/c1-27-18-24-37(30-11-3-2-4-12-30)42-41(32-23-25-39-36(26-32)35-15-7-8-17-38(35)44-39)43-40(27)31-21-19-29(20-22-31)34-16-9-13-28-10-5-6-14-33(28)34/h2-17,19-23,25-26H,18,24H2,1H3/b40-27+,42-37?,43-41?. The van der Waals surface area contributed by atoms with Crippen molar-refractivity contribution in [3.63, 3.8) is 0 Å². The van der Waals surface area contributed by atoms with Crippen molar-refractivity contribution in [2.24, 2.45) is 9.98 Å². The summed E-state index contributed by atoms with van der Waals surface area (Å²) in [6, 6.07) is 48.8. The minimum Gasteiger partial charge on any atom is -0.456 e. The Kier molecular flexibility index (Phi) is 6.49. The zero-order chi connectivity index (χ0) is 29.5. The van der Waals surface area contributed by atoms with E-state index in [1.807, 2.05) is 24.3 Å². The van der Waals surface area contributed by atoms with E-state index in [1.54, 1.807) is 0 Å². The maximum Gasteiger partial charge on any atom is 0.160 e. The second-order valence-electron chi connectivity index (χ2n) is 11.4. The van der Waals surface area contributed by atoms with Crippen LogP contribution in [-0.4, -0.2) is 11.5 Å². The zero-order valence-corrected chi connectivity index (χ0v) is 24.5. The average molecular weight is 567 g/mol. The number of benzene rings is 6. The van der Waals surface area contributed by atoms with Gasteiger partial charge in [-0.1, -0.05) is 115 Å². The van der Waals surface area contributed by atoms with E-state index in [1.165, 1.54) is 27.5 Å². The van der Waals surface area contributed by atoms with E-state index in [4.69, 9.17) is 14.4 Å². The number of nitrogens with zero attached hydrogens (tertiary/aromatic N) is 2. The summed E-state index contributed by atoms with van der Waals surface area (Å²) in [7, 11) is 0. The molecule has 1 aliphatic heterocycles. The summed E-state index contributed by atoms with van der Waals surface area (Å²) in [6.45, 7) is 2.20. The third kappa shape index (κ3) is 4.73. The molecule has 7 aromatic rings. The summed E-state index contributed by atoms with van der Waals surface area (Å²) in [6.07, 6.45) is 1.72. The Morgan fingerprint density at radius 2 is 1.18 bits per heavy atom. The van der Waals surface area contributed by atoms with E-state index < -0.39 is 0 Å². The minimum absolute atomic E-state index is 0.711. The van der Waals surface area contributed by atoms with Crippen molar-refractivity contribution in [2.45, 2.75) is 19.8 Å². The highest BCUT2D eigenvalue weighted by atomic mass is 16.3. The summed E-state index contributed by atoms with van der Waals surface area (Å²) in [4.78, 5) is 10.6. The van der Waals surface area contributed by atoms with Crippen molar-refractivity contribution in [1.29, 1.82) is 0 Å². The molecule has 0 radical (unpaired) electrons. The molecule has 0 saturated heterocycles. The fourth-order valence-corrected chi connectivity index (χ4v) is 6.26. The molecule has 6 aromatic carbocycles. The number of aliphatic imine (C=N–C) groups is 2. The molecular formula is C41H30N2O. The molecule has 0 aliphatic carbocycles. The van der Waals surface area contributed by atoms with Crippen LogP contribution in [0.1, 0.15) is 36.5 Å². The molecule has 210 valence electrons. The van der Waals surface area contributed by atoms with Gasteiger partial charge >= 0.3 is 0 Å². The van der Waals surface area contributed by atoms with Crippen LogP contribution in [0.25, 0.3) is 49.5 Å². The Labute approximate surface area is 256 Å². The second-order valence-corrected chi connectivity index (χ2v) is 11.4. The van der Waals surface area contributed by atoms with Crippen molar-refractivity contribution in [3.8, 4) is 11.1 Å². The van der Waals surface area contributed by atoms with Gasteiger partial charge in [-0.3, -0.25) is 0 Å². The van der Waals surface area contributed by atoms with Crippen LogP contribution in [0.3, 0.4) is 0 Å².